The van der Waals surface area contributed by atoms with E-state index in [1.807, 2.05) is 39.0 Å². The predicted octanol–water partition coefficient (Wildman–Crippen LogP) is 4.70. The molecule has 0 saturated carbocycles. The zero-order chi connectivity index (χ0) is 19.4. The Bertz CT molecular complexity index is 799. The number of rotatable bonds is 5. The van der Waals surface area contributed by atoms with E-state index < -0.39 is 5.41 Å². The van der Waals surface area contributed by atoms with Crippen molar-refractivity contribution in [2.75, 3.05) is 25.1 Å². The molecule has 1 aliphatic rings. The van der Waals surface area contributed by atoms with Gasteiger partial charge in [-0.25, -0.2) is 0 Å². The maximum absolute atomic E-state index is 13.4. The first-order chi connectivity index (χ1) is 13.0. The number of aryl methyl sites for hydroxylation is 3. The molecule has 2 aromatic rings. The van der Waals surface area contributed by atoms with Crippen LogP contribution in [0, 0.1) is 20.8 Å². The second-order valence-electron chi connectivity index (χ2n) is 7.39. The zero-order valence-electron chi connectivity index (χ0n) is 16.7. The number of ether oxygens (including phenoxy) is 2. The molecule has 2 aromatic carbocycles. The fourth-order valence-corrected chi connectivity index (χ4v) is 3.95. The lowest BCUT2D eigenvalue weighted by Gasteiger charge is -2.36. The van der Waals surface area contributed by atoms with Crippen LogP contribution < -0.4 is 10.1 Å². The van der Waals surface area contributed by atoms with Crippen molar-refractivity contribution in [1.29, 1.82) is 0 Å². The summed E-state index contributed by atoms with van der Waals surface area (Å²) < 4.78 is 11.3. The van der Waals surface area contributed by atoms with Crippen LogP contribution in [0.15, 0.2) is 36.4 Å². The highest BCUT2D eigenvalue weighted by Gasteiger charge is 2.41. The monoisotopic (exact) mass is 367 g/mol. The summed E-state index contributed by atoms with van der Waals surface area (Å²) in [6.07, 6.45) is 1.38. The molecule has 0 bridgehead atoms. The maximum Gasteiger partial charge on any atom is 0.235 e. The fourth-order valence-electron chi connectivity index (χ4n) is 3.95. The molecule has 27 heavy (non-hydrogen) atoms. The standard InChI is InChI=1S/C23H29NO3/c1-5-27-21-17(3)14-20(15-18(21)4)24-22(25)23(9-11-26-12-10-23)19-8-6-7-16(2)13-19/h6-8,13-15H,5,9-12H2,1-4H3,(H,24,25). The van der Waals surface area contributed by atoms with Gasteiger partial charge in [0.1, 0.15) is 5.75 Å². The molecular formula is C23H29NO3. The predicted molar refractivity (Wildman–Crippen MR) is 109 cm³/mol. The van der Waals surface area contributed by atoms with Crippen LogP contribution >= 0.6 is 0 Å². The van der Waals surface area contributed by atoms with Crippen molar-refractivity contribution >= 4 is 11.6 Å². The van der Waals surface area contributed by atoms with Crippen molar-refractivity contribution in [3.63, 3.8) is 0 Å². The van der Waals surface area contributed by atoms with E-state index in [0.717, 1.165) is 28.1 Å². The Morgan fingerprint density at radius 1 is 1.11 bits per heavy atom. The smallest absolute Gasteiger partial charge is 0.235 e. The number of nitrogens with one attached hydrogen (secondary N) is 1. The van der Waals surface area contributed by atoms with Crippen molar-refractivity contribution in [2.45, 2.75) is 46.0 Å². The molecule has 0 atom stereocenters. The lowest BCUT2D eigenvalue weighted by molar-refractivity contribution is -0.125. The molecule has 0 spiro atoms. The normalized spacial score (nSPS) is 16.0. The number of anilines is 1. The third-order valence-corrected chi connectivity index (χ3v) is 5.36. The fraction of sp³-hybridized carbons (Fsp3) is 0.435. The molecule has 0 aromatic heterocycles. The molecule has 4 heteroatoms. The molecular weight excluding hydrogens is 338 g/mol. The third-order valence-electron chi connectivity index (χ3n) is 5.36. The molecule has 144 valence electrons. The first-order valence-corrected chi connectivity index (χ1v) is 9.66. The van der Waals surface area contributed by atoms with Gasteiger partial charge in [0.2, 0.25) is 5.91 Å². The summed E-state index contributed by atoms with van der Waals surface area (Å²) in [5, 5.41) is 3.17. The van der Waals surface area contributed by atoms with Crippen LogP contribution in [0.5, 0.6) is 5.75 Å². The van der Waals surface area contributed by atoms with E-state index in [1.54, 1.807) is 0 Å². The maximum atomic E-state index is 13.4. The molecule has 1 heterocycles. The highest BCUT2D eigenvalue weighted by molar-refractivity contribution is 5.99. The van der Waals surface area contributed by atoms with Crippen LogP contribution in [0.25, 0.3) is 0 Å². The number of amides is 1. The van der Waals surface area contributed by atoms with Gasteiger partial charge >= 0.3 is 0 Å². The van der Waals surface area contributed by atoms with E-state index >= 15 is 0 Å². The first-order valence-electron chi connectivity index (χ1n) is 9.66. The second kappa shape index (κ2) is 8.13. The largest absolute Gasteiger partial charge is 0.493 e. The third kappa shape index (κ3) is 4.01. The van der Waals surface area contributed by atoms with Crippen LogP contribution in [0.2, 0.25) is 0 Å². The van der Waals surface area contributed by atoms with E-state index in [9.17, 15) is 4.79 Å². The van der Waals surface area contributed by atoms with E-state index in [1.165, 1.54) is 5.56 Å². The van der Waals surface area contributed by atoms with Gasteiger partial charge < -0.3 is 14.8 Å². The summed E-state index contributed by atoms with van der Waals surface area (Å²) >= 11 is 0. The van der Waals surface area contributed by atoms with E-state index in [4.69, 9.17) is 9.47 Å². The summed E-state index contributed by atoms with van der Waals surface area (Å²) in [5.41, 5.74) is 4.57. The van der Waals surface area contributed by atoms with Crippen molar-refractivity contribution in [3.8, 4) is 5.75 Å². The average Bonchev–Trinajstić information content (AvgIpc) is 2.65. The Labute approximate surface area is 161 Å². The Hall–Kier alpha value is -2.33. The number of carbonyl (C=O) groups excluding carboxylic acids is 1. The van der Waals surface area contributed by atoms with Crippen LogP contribution in [0.4, 0.5) is 5.69 Å². The first kappa shape index (κ1) is 19.4. The number of hydrogen-bond acceptors (Lipinski definition) is 3. The van der Waals surface area contributed by atoms with Crippen LogP contribution in [0.1, 0.15) is 42.0 Å². The SMILES string of the molecule is CCOc1c(C)cc(NC(=O)C2(c3cccc(C)c3)CCOCC2)cc1C. The summed E-state index contributed by atoms with van der Waals surface area (Å²) in [6.45, 7) is 9.89. The summed E-state index contributed by atoms with van der Waals surface area (Å²) in [4.78, 5) is 13.4. The van der Waals surface area contributed by atoms with E-state index in [2.05, 4.69) is 30.4 Å². The highest BCUT2D eigenvalue weighted by atomic mass is 16.5. The molecule has 0 radical (unpaired) electrons. The van der Waals surface area contributed by atoms with Gasteiger partial charge in [-0.3, -0.25) is 4.79 Å². The van der Waals surface area contributed by atoms with Gasteiger partial charge in [-0.2, -0.15) is 0 Å². The molecule has 1 amide bonds. The Kier molecular flexibility index (Phi) is 5.85. The minimum Gasteiger partial charge on any atom is -0.493 e. The molecule has 1 aliphatic heterocycles. The number of carbonyl (C=O) groups is 1. The van der Waals surface area contributed by atoms with E-state index in [0.29, 0.717) is 32.7 Å². The van der Waals surface area contributed by atoms with Crippen LogP contribution in [0.3, 0.4) is 0 Å². The van der Waals surface area contributed by atoms with Crippen molar-refractivity contribution in [1.82, 2.24) is 0 Å². The Morgan fingerprint density at radius 2 is 1.78 bits per heavy atom. The van der Waals surface area contributed by atoms with Crippen LogP contribution in [-0.2, 0) is 14.9 Å². The van der Waals surface area contributed by atoms with Gasteiger partial charge in [-0.05, 0) is 69.4 Å². The molecule has 0 unspecified atom stereocenters. The molecule has 1 fully saturated rings. The van der Waals surface area contributed by atoms with Gasteiger partial charge in [-0.15, -0.1) is 0 Å². The second-order valence-corrected chi connectivity index (χ2v) is 7.39. The summed E-state index contributed by atoms with van der Waals surface area (Å²) in [5.74, 6) is 0.939. The lowest BCUT2D eigenvalue weighted by Crippen LogP contribution is -2.44. The average molecular weight is 367 g/mol. The topological polar surface area (TPSA) is 47.6 Å². The van der Waals surface area contributed by atoms with Crippen molar-refractivity contribution < 1.29 is 14.3 Å². The Morgan fingerprint density at radius 3 is 2.37 bits per heavy atom. The van der Waals surface area contributed by atoms with Crippen LogP contribution in [-0.4, -0.2) is 25.7 Å². The van der Waals surface area contributed by atoms with Gasteiger partial charge in [0.25, 0.3) is 0 Å². The summed E-state index contributed by atoms with van der Waals surface area (Å²) in [7, 11) is 0. The van der Waals surface area contributed by atoms with Crippen molar-refractivity contribution in [2.24, 2.45) is 0 Å². The lowest BCUT2D eigenvalue weighted by atomic mass is 9.73. The number of benzene rings is 2. The quantitative estimate of drug-likeness (QED) is 0.833. The number of hydrogen-bond donors (Lipinski definition) is 1. The molecule has 1 N–H and O–H groups in total. The highest BCUT2D eigenvalue weighted by Crippen LogP contribution is 2.37. The van der Waals surface area contributed by atoms with Gasteiger partial charge in [0, 0.05) is 18.9 Å². The molecule has 0 aliphatic carbocycles. The zero-order valence-corrected chi connectivity index (χ0v) is 16.7. The van der Waals surface area contributed by atoms with Crippen molar-refractivity contribution in [3.05, 3.63) is 58.7 Å². The molecule has 4 nitrogen and oxygen atoms in total. The molecule has 3 rings (SSSR count). The van der Waals surface area contributed by atoms with Gasteiger partial charge in [0.05, 0.1) is 12.0 Å². The molecule has 1 saturated heterocycles. The van der Waals surface area contributed by atoms with Gasteiger partial charge in [0.15, 0.2) is 0 Å². The minimum atomic E-state index is -0.551. The summed E-state index contributed by atoms with van der Waals surface area (Å²) in [6, 6.07) is 12.2. The Balaban J connectivity index is 1.92. The van der Waals surface area contributed by atoms with Gasteiger partial charge in [-0.1, -0.05) is 29.8 Å². The van der Waals surface area contributed by atoms with E-state index in [-0.39, 0.29) is 5.91 Å². The minimum absolute atomic E-state index is 0.0411.